The van der Waals surface area contributed by atoms with Crippen molar-refractivity contribution in [3.63, 3.8) is 0 Å². The molecule has 0 saturated carbocycles. The van der Waals surface area contributed by atoms with E-state index in [1.165, 1.54) is 0 Å². The number of pyridine rings is 1. The number of benzene rings is 2. The van der Waals surface area contributed by atoms with Gasteiger partial charge in [-0.3, -0.25) is 4.98 Å². The van der Waals surface area contributed by atoms with Gasteiger partial charge in [-0.15, -0.1) is 0 Å². The summed E-state index contributed by atoms with van der Waals surface area (Å²) in [6.45, 7) is 2.52. The van der Waals surface area contributed by atoms with E-state index in [0.29, 0.717) is 13.0 Å². The Kier molecular flexibility index (Phi) is 4.31. The molecule has 0 spiro atoms. The van der Waals surface area contributed by atoms with Crippen LogP contribution in [-0.2, 0) is 0 Å². The van der Waals surface area contributed by atoms with Crippen LogP contribution in [0.5, 0.6) is 17.2 Å². The second-order valence-electron chi connectivity index (χ2n) is 7.03. The van der Waals surface area contributed by atoms with Crippen molar-refractivity contribution in [2.75, 3.05) is 6.61 Å². The van der Waals surface area contributed by atoms with Crippen LogP contribution >= 0.6 is 0 Å². The molecule has 3 aromatic rings. The molecule has 1 aromatic heterocycles. The zero-order valence-electron chi connectivity index (χ0n) is 16.0. The Morgan fingerprint density at radius 1 is 1.14 bits per heavy atom. The molecule has 0 unspecified atom stereocenters. The van der Waals surface area contributed by atoms with E-state index in [1.807, 2.05) is 54.4 Å². The van der Waals surface area contributed by atoms with Crippen LogP contribution in [0.15, 0.2) is 72.0 Å². The smallest absolute Gasteiger partial charge is 0.230 e. The van der Waals surface area contributed by atoms with Crippen LogP contribution in [0.25, 0.3) is 0 Å². The van der Waals surface area contributed by atoms with Gasteiger partial charge in [0.2, 0.25) is 6.23 Å². The van der Waals surface area contributed by atoms with Gasteiger partial charge in [0, 0.05) is 23.7 Å². The van der Waals surface area contributed by atoms with E-state index < -0.39 is 6.23 Å². The minimum Gasteiger partial charge on any atom is -0.508 e. The molecular formula is C23H21N3O3. The molecule has 146 valence electrons. The van der Waals surface area contributed by atoms with Gasteiger partial charge < -0.3 is 14.6 Å². The highest BCUT2D eigenvalue weighted by Crippen LogP contribution is 2.50. The van der Waals surface area contributed by atoms with Crippen LogP contribution in [0.4, 0.5) is 0 Å². The third-order valence-electron chi connectivity index (χ3n) is 5.20. The van der Waals surface area contributed by atoms with Crippen molar-refractivity contribution in [3.05, 3.63) is 83.7 Å². The monoisotopic (exact) mass is 387 g/mol. The van der Waals surface area contributed by atoms with Gasteiger partial charge in [0.1, 0.15) is 11.4 Å². The fourth-order valence-corrected chi connectivity index (χ4v) is 3.93. The molecule has 29 heavy (non-hydrogen) atoms. The zero-order chi connectivity index (χ0) is 19.8. The van der Waals surface area contributed by atoms with E-state index in [9.17, 15) is 5.11 Å². The molecule has 0 amide bonds. The molecule has 6 heteroatoms. The van der Waals surface area contributed by atoms with Gasteiger partial charge in [-0.05, 0) is 37.3 Å². The Labute approximate surface area is 169 Å². The normalized spacial score (nSPS) is 19.8. The molecule has 0 saturated heterocycles. The first-order valence-corrected chi connectivity index (χ1v) is 9.73. The van der Waals surface area contributed by atoms with Gasteiger partial charge in [-0.25, -0.2) is 5.01 Å². The van der Waals surface area contributed by atoms with Gasteiger partial charge in [0.15, 0.2) is 11.5 Å². The highest BCUT2D eigenvalue weighted by Gasteiger charge is 2.42. The van der Waals surface area contributed by atoms with Gasteiger partial charge in [0.05, 0.1) is 18.4 Å². The summed E-state index contributed by atoms with van der Waals surface area (Å²) in [6, 6.07) is 18.9. The number of aromatic hydroxyl groups is 1. The summed E-state index contributed by atoms with van der Waals surface area (Å²) in [5.41, 5.74) is 3.64. The van der Waals surface area contributed by atoms with Gasteiger partial charge in [-0.1, -0.05) is 30.3 Å². The van der Waals surface area contributed by atoms with Crippen LogP contribution in [0.3, 0.4) is 0 Å². The van der Waals surface area contributed by atoms with Crippen molar-refractivity contribution < 1.29 is 14.6 Å². The topological polar surface area (TPSA) is 67.2 Å². The molecule has 2 aliphatic heterocycles. The van der Waals surface area contributed by atoms with Crippen molar-refractivity contribution in [1.82, 2.24) is 9.99 Å². The summed E-state index contributed by atoms with van der Waals surface area (Å²) in [5, 5.41) is 16.8. The van der Waals surface area contributed by atoms with Gasteiger partial charge in [-0.2, -0.15) is 5.10 Å². The molecule has 0 fully saturated rings. The summed E-state index contributed by atoms with van der Waals surface area (Å²) < 4.78 is 12.2. The van der Waals surface area contributed by atoms with Crippen molar-refractivity contribution in [2.24, 2.45) is 5.10 Å². The quantitative estimate of drug-likeness (QED) is 0.717. The Hall–Kier alpha value is -3.54. The molecule has 0 aliphatic carbocycles. The lowest BCUT2D eigenvalue weighted by Gasteiger charge is -2.38. The summed E-state index contributed by atoms with van der Waals surface area (Å²) in [5.74, 6) is 1.71. The second-order valence-corrected chi connectivity index (χ2v) is 7.03. The molecular weight excluding hydrogens is 366 g/mol. The van der Waals surface area contributed by atoms with E-state index in [1.54, 1.807) is 18.3 Å². The minimum absolute atomic E-state index is 0.00325. The average molecular weight is 387 g/mol. The summed E-state index contributed by atoms with van der Waals surface area (Å²) in [6.07, 6.45) is 2.01. The third kappa shape index (κ3) is 3.06. The first kappa shape index (κ1) is 17.6. The minimum atomic E-state index is -0.454. The number of phenols is 1. The number of hydrogen-bond donors (Lipinski definition) is 1. The van der Waals surface area contributed by atoms with E-state index in [-0.39, 0.29) is 11.8 Å². The Balaban J connectivity index is 1.61. The summed E-state index contributed by atoms with van der Waals surface area (Å²) in [7, 11) is 0. The molecule has 2 atom stereocenters. The highest BCUT2D eigenvalue weighted by atomic mass is 16.5. The number of para-hydroxylation sites is 1. The van der Waals surface area contributed by atoms with E-state index in [4.69, 9.17) is 14.6 Å². The molecule has 2 aliphatic rings. The number of ether oxygens (including phenoxy) is 2. The molecule has 0 bridgehead atoms. The van der Waals surface area contributed by atoms with Gasteiger partial charge >= 0.3 is 0 Å². The van der Waals surface area contributed by atoms with E-state index >= 15 is 0 Å². The Morgan fingerprint density at radius 3 is 2.83 bits per heavy atom. The predicted octanol–water partition coefficient (Wildman–Crippen LogP) is 4.43. The first-order chi connectivity index (χ1) is 14.2. The number of hydrogen-bond acceptors (Lipinski definition) is 6. The van der Waals surface area contributed by atoms with Crippen molar-refractivity contribution in [3.8, 4) is 17.2 Å². The summed E-state index contributed by atoms with van der Waals surface area (Å²) in [4.78, 5) is 4.51. The fraction of sp³-hybridized carbons (Fsp3) is 0.217. The standard InChI is InChI=1S/C23H21N3O3/c1-2-28-21-11-6-9-17-20-14-19(15-7-5-8-16(27)13-15)25-26(20)23(29-22(17)21)18-10-3-4-12-24-18/h3-13,20,23,27H,2,14H2,1H3/t20-,23+/m0/s1. The number of hydrazone groups is 1. The third-order valence-corrected chi connectivity index (χ3v) is 5.20. The summed E-state index contributed by atoms with van der Waals surface area (Å²) >= 11 is 0. The van der Waals surface area contributed by atoms with Crippen LogP contribution in [0.1, 0.15) is 42.4 Å². The number of rotatable bonds is 4. The molecule has 2 aromatic carbocycles. The second kappa shape index (κ2) is 7.13. The van der Waals surface area contributed by atoms with Crippen molar-refractivity contribution in [1.29, 1.82) is 0 Å². The number of aromatic nitrogens is 1. The predicted molar refractivity (Wildman–Crippen MR) is 109 cm³/mol. The van der Waals surface area contributed by atoms with Gasteiger partial charge in [0.25, 0.3) is 0 Å². The number of nitrogens with zero attached hydrogens (tertiary/aromatic N) is 3. The average Bonchev–Trinajstić information content (AvgIpc) is 3.20. The van der Waals surface area contributed by atoms with Crippen LogP contribution in [0, 0.1) is 0 Å². The highest BCUT2D eigenvalue weighted by molar-refractivity contribution is 6.02. The van der Waals surface area contributed by atoms with E-state index in [0.717, 1.165) is 34.0 Å². The SMILES string of the molecule is CCOc1cccc2c1O[C@H](c1ccccn1)N1N=C(c3cccc(O)c3)C[C@@H]21. The van der Waals surface area contributed by atoms with Crippen molar-refractivity contribution >= 4 is 5.71 Å². The maximum absolute atomic E-state index is 9.90. The molecule has 3 heterocycles. The largest absolute Gasteiger partial charge is 0.508 e. The van der Waals surface area contributed by atoms with Crippen molar-refractivity contribution in [2.45, 2.75) is 25.6 Å². The Morgan fingerprint density at radius 2 is 2.03 bits per heavy atom. The maximum Gasteiger partial charge on any atom is 0.230 e. The lowest BCUT2D eigenvalue weighted by Crippen LogP contribution is -2.34. The van der Waals surface area contributed by atoms with E-state index in [2.05, 4.69) is 11.1 Å². The van der Waals surface area contributed by atoms with Crippen LogP contribution in [-0.4, -0.2) is 27.4 Å². The fourth-order valence-electron chi connectivity index (χ4n) is 3.93. The molecule has 1 N–H and O–H groups in total. The lowest BCUT2D eigenvalue weighted by molar-refractivity contribution is -0.0240. The molecule has 6 nitrogen and oxygen atoms in total. The first-order valence-electron chi connectivity index (χ1n) is 9.73. The number of fused-ring (bicyclic) bond motifs is 3. The number of phenolic OH excluding ortho intramolecular Hbond substituents is 1. The van der Waals surface area contributed by atoms with Crippen LogP contribution in [0.2, 0.25) is 0 Å². The molecule has 5 rings (SSSR count). The molecule has 0 radical (unpaired) electrons. The van der Waals surface area contributed by atoms with Crippen LogP contribution < -0.4 is 9.47 Å². The zero-order valence-corrected chi connectivity index (χ0v) is 16.0. The maximum atomic E-state index is 9.90. The Bertz CT molecular complexity index is 1070. The lowest BCUT2D eigenvalue weighted by atomic mass is 9.96.